The SMILES string of the molecule is CCOC(=O)CCN(C)Cc1ccccc1C#N. The third-order valence-electron chi connectivity index (χ3n) is 2.58. The average Bonchev–Trinajstić information content (AvgIpc) is 2.37. The van der Waals surface area contributed by atoms with Crippen molar-refractivity contribution in [3.05, 3.63) is 35.4 Å². The number of nitrogens with zero attached hydrogens (tertiary/aromatic N) is 2. The molecule has 0 aliphatic carbocycles. The average molecular weight is 246 g/mol. The first-order valence-corrected chi connectivity index (χ1v) is 5.99. The second kappa shape index (κ2) is 7.46. The number of benzene rings is 1. The molecule has 0 saturated carbocycles. The number of esters is 1. The first-order valence-electron chi connectivity index (χ1n) is 5.99. The molecule has 96 valence electrons. The van der Waals surface area contributed by atoms with Crippen LogP contribution in [0, 0.1) is 11.3 Å². The second-order valence-corrected chi connectivity index (χ2v) is 4.06. The molecule has 0 N–H and O–H groups in total. The molecule has 1 aromatic rings. The van der Waals surface area contributed by atoms with E-state index in [1.807, 2.05) is 30.1 Å². The molecule has 0 unspecified atom stereocenters. The fraction of sp³-hybridized carbons (Fsp3) is 0.429. The van der Waals surface area contributed by atoms with Crippen LogP contribution in [0.1, 0.15) is 24.5 Å². The number of rotatable bonds is 6. The highest BCUT2D eigenvalue weighted by molar-refractivity contribution is 5.69. The molecule has 0 aromatic heterocycles. The Morgan fingerprint density at radius 1 is 1.44 bits per heavy atom. The molecule has 0 atom stereocenters. The molecule has 0 aliphatic heterocycles. The Bertz CT molecular complexity index is 438. The van der Waals surface area contributed by atoms with Crippen molar-refractivity contribution in [3.8, 4) is 6.07 Å². The van der Waals surface area contributed by atoms with Crippen molar-refractivity contribution in [2.24, 2.45) is 0 Å². The van der Waals surface area contributed by atoms with Gasteiger partial charge in [-0.15, -0.1) is 0 Å². The molecule has 0 saturated heterocycles. The first-order chi connectivity index (χ1) is 8.67. The van der Waals surface area contributed by atoms with Gasteiger partial charge in [-0.2, -0.15) is 5.26 Å². The monoisotopic (exact) mass is 246 g/mol. The van der Waals surface area contributed by atoms with E-state index in [1.165, 1.54) is 0 Å². The van der Waals surface area contributed by atoms with Crippen LogP contribution in [-0.4, -0.2) is 31.1 Å². The van der Waals surface area contributed by atoms with E-state index in [1.54, 1.807) is 13.0 Å². The largest absolute Gasteiger partial charge is 0.466 e. The topological polar surface area (TPSA) is 53.3 Å². The van der Waals surface area contributed by atoms with Gasteiger partial charge in [0.15, 0.2) is 0 Å². The molecule has 0 radical (unpaired) electrons. The normalized spacial score (nSPS) is 10.1. The lowest BCUT2D eigenvalue weighted by atomic mass is 10.1. The number of carbonyl (C=O) groups excluding carboxylic acids is 1. The zero-order chi connectivity index (χ0) is 13.4. The Morgan fingerprint density at radius 3 is 2.83 bits per heavy atom. The first kappa shape index (κ1) is 14.2. The number of hydrogen-bond acceptors (Lipinski definition) is 4. The Labute approximate surface area is 108 Å². The van der Waals surface area contributed by atoms with E-state index < -0.39 is 0 Å². The van der Waals surface area contributed by atoms with Gasteiger partial charge in [0.2, 0.25) is 0 Å². The lowest BCUT2D eigenvalue weighted by molar-refractivity contribution is -0.143. The standard InChI is InChI=1S/C14H18N2O2/c1-3-18-14(17)8-9-16(2)11-13-7-5-4-6-12(13)10-15/h4-7H,3,8-9,11H2,1-2H3. The summed E-state index contributed by atoms with van der Waals surface area (Å²) in [5.74, 6) is -0.182. The molecule has 0 heterocycles. The zero-order valence-electron chi connectivity index (χ0n) is 10.8. The highest BCUT2D eigenvalue weighted by Crippen LogP contribution is 2.09. The molecule has 4 heteroatoms. The van der Waals surface area contributed by atoms with Gasteiger partial charge in [0, 0.05) is 13.1 Å². The van der Waals surface area contributed by atoms with Gasteiger partial charge in [-0.25, -0.2) is 0 Å². The maximum absolute atomic E-state index is 11.2. The summed E-state index contributed by atoms with van der Waals surface area (Å²) >= 11 is 0. The fourth-order valence-corrected chi connectivity index (χ4v) is 1.65. The second-order valence-electron chi connectivity index (χ2n) is 4.06. The molecular weight excluding hydrogens is 228 g/mol. The van der Waals surface area contributed by atoms with Gasteiger partial charge in [0.1, 0.15) is 0 Å². The van der Waals surface area contributed by atoms with Crippen molar-refractivity contribution in [2.45, 2.75) is 19.9 Å². The smallest absolute Gasteiger partial charge is 0.307 e. The molecular formula is C14H18N2O2. The van der Waals surface area contributed by atoms with Gasteiger partial charge in [-0.1, -0.05) is 18.2 Å². The summed E-state index contributed by atoms with van der Waals surface area (Å²) in [6, 6.07) is 9.66. The van der Waals surface area contributed by atoms with Gasteiger partial charge in [-0.05, 0) is 25.6 Å². The highest BCUT2D eigenvalue weighted by atomic mass is 16.5. The van der Waals surface area contributed by atoms with Crippen LogP contribution < -0.4 is 0 Å². The van der Waals surface area contributed by atoms with Gasteiger partial charge < -0.3 is 9.64 Å². The lowest BCUT2D eigenvalue weighted by Crippen LogP contribution is -2.22. The van der Waals surface area contributed by atoms with Crippen LogP contribution in [0.25, 0.3) is 0 Å². The Kier molecular flexibility index (Phi) is 5.89. The number of ether oxygens (including phenoxy) is 1. The molecule has 0 amide bonds. The van der Waals surface area contributed by atoms with Gasteiger partial charge in [0.05, 0.1) is 24.7 Å². The van der Waals surface area contributed by atoms with Gasteiger partial charge in [0.25, 0.3) is 0 Å². The maximum Gasteiger partial charge on any atom is 0.307 e. The quantitative estimate of drug-likeness (QED) is 0.720. The van der Waals surface area contributed by atoms with Crippen LogP contribution in [0.5, 0.6) is 0 Å². The van der Waals surface area contributed by atoms with Crippen molar-refractivity contribution in [1.82, 2.24) is 4.90 Å². The molecule has 0 spiro atoms. The summed E-state index contributed by atoms with van der Waals surface area (Å²) in [5.41, 5.74) is 1.66. The van der Waals surface area contributed by atoms with E-state index in [4.69, 9.17) is 10.00 Å². The Balaban J connectivity index is 2.47. The van der Waals surface area contributed by atoms with E-state index in [2.05, 4.69) is 6.07 Å². The van der Waals surface area contributed by atoms with E-state index >= 15 is 0 Å². The molecule has 0 aliphatic rings. The molecule has 0 bridgehead atoms. The molecule has 1 aromatic carbocycles. The molecule has 4 nitrogen and oxygen atoms in total. The van der Waals surface area contributed by atoms with Gasteiger partial charge >= 0.3 is 5.97 Å². The van der Waals surface area contributed by atoms with Crippen molar-refractivity contribution < 1.29 is 9.53 Å². The lowest BCUT2D eigenvalue weighted by Gasteiger charge is -2.16. The van der Waals surface area contributed by atoms with Crippen LogP contribution in [0.3, 0.4) is 0 Å². The number of nitriles is 1. The highest BCUT2D eigenvalue weighted by Gasteiger charge is 2.07. The Morgan fingerprint density at radius 2 is 2.17 bits per heavy atom. The minimum Gasteiger partial charge on any atom is -0.466 e. The third kappa shape index (κ3) is 4.56. The van der Waals surface area contributed by atoms with Crippen molar-refractivity contribution in [2.75, 3.05) is 20.2 Å². The van der Waals surface area contributed by atoms with E-state index in [-0.39, 0.29) is 5.97 Å². The molecule has 0 fully saturated rings. The summed E-state index contributed by atoms with van der Waals surface area (Å²) < 4.78 is 4.87. The summed E-state index contributed by atoms with van der Waals surface area (Å²) in [6.07, 6.45) is 0.374. The number of carbonyl (C=O) groups is 1. The Hall–Kier alpha value is -1.86. The van der Waals surface area contributed by atoms with Crippen LogP contribution in [0.15, 0.2) is 24.3 Å². The van der Waals surface area contributed by atoms with Crippen LogP contribution >= 0.6 is 0 Å². The van der Waals surface area contributed by atoms with Crippen molar-refractivity contribution in [3.63, 3.8) is 0 Å². The maximum atomic E-state index is 11.2. The summed E-state index contributed by atoms with van der Waals surface area (Å²) in [5, 5.41) is 8.98. The molecule has 1 rings (SSSR count). The van der Waals surface area contributed by atoms with E-state index in [9.17, 15) is 4.79 Å². The predicted molar refractivity (Wildman–Crippen MR) is 68.7 cm³/mol. The van der Waals surface area contributed by atoms with Crippen LogP contribution in [-0.2, 0) is 16.1 Å². The third-order valence-corrected chi connectivity index (χ3v) is 2.58. The van der Waals surface area contributed by atoms with Crippen LogP contribution in [0.2, 0.25) is 0 Å². The minimum absolute atomic E-state index is 0.182. The summed E-state index contributed by atoms with van der Waals surface area (Å²) in [4.78, 5) is 13.2. The molecule has 18 heavy (non-hydrogen) atoms. The minimum atomic E-state index is -0.182. The zero-order valence-corrected chi connectivity index (χ0v) is 10.8. The fourth-order valence-electron chi connectivity index (χ4n) is 1.65. The van der Waals surface area contributed by atoms with Crippen molar-refractivity contribution in [1.29, 1.82) is 5.26 Å². The van der Waals surface area contributed by atoms with Crippen LogP contribution in [0.4, 0.5) is 0 Å². The van der Waals surface area contributed by atoms with Crippen molar-refractivity contribution >= 4 is 5.97 Å². The van der Waals surface area contributed by atoms with Gasteiger partial charge in [-0.3, -0.25) is 4.79 Å². The van der Waals surface area contributed by atoms with E-state index in [0.29, 0.717) is 31.7 Å². The summed E-state index contributed by atoms with van der Waals surface area (Å²) in [7, 11) is 1.92. The van der Waals surface area contributed by atoms with E-state index in [0.717, 1.165) is 5.56 Å². The number of hydrogen-bond donors (Lipinski definition) is 0. The summed E-state index contributed by atoms with van der Waals surface area (Å²) in [6.45, 7) is 3.49. The predicted octanol–water partition coefficient (Wildman–Crippen LogP) is 1.94.